The normalized spacial score (nSPS) is 11.5. The summed E-state index contributed by atoms with van der Waals surface area (Å²) in [5.74, 6) is -0.251. The molecule has 1 amide bonds. The van der Waals surface area contributed by atoms with Crippen molar-refractivity contribution in [3.63, 3.8) is 0 Å². The minimum Gasteiger partial charge on any atom is -0.495 e. The van der Waals surface area contributed by atoms with Crippen LogP contribution in [0.25, 0.3) is 0 Å². The molecule has 0 bridgehead atoms. The Labute approximate surface area is 251 Å². The number of hydrogen-bond acceptors (Lipinski definition) is 6. The van der Waals surface area contributed by atoms with Gasteiger partial charge in [-0.2, -0.15) is 0 Å². The van der Waals surface area contributed by atoms with Crippen molar-refractivity contribution in [1.82, 2.24) is 0 Å². The second-order valence-electron chi connectivity index (χ2n) is 9.62. The van der Waals surface area contributed by atoms with Crippen LogP contribution in [0.2, 0.25) is 5.02 Å². The van der Waals surface area contributed by atoms with Crippen LogP contribution in [-0.4, -0.2) is 36.4 Å². The average molecular weight is 628 g/mol. The summed E-state index contributed by atoms with van der Waals surface area (Å²) in [4.78, 5) is 13.1. The maximum absolute atomic E-state index is 13.6. The molecule has 0 saturated heterocycles. The number of benzene rings is 4. The highest BCUT2D eigenvalue weighted by Gasteiger charge is 2.28. The number of carbonyl (C=O) groups excluding carboxylic acids is 1. The van der Waals surface area contributed by atoms with Crippen LogP contribution in [-0.2, 0) is 24.8 Å². The summed E-state index contributed by atoms with van der Waals surface area (Å²) in [5, 5.41) is 3.03. The molecule has 0 unspecified atom stereocenters. The zero-order chi connectivity index (χ0) is 30.7. The summed E-state index contributed by atoms with van der Waals surface area (Å²) in [6, 6.07) is 21.5. The van der Waals surface area contributed by atoms with Crippen molar-refractivity contribution in [3.8, 4) is 5.75 Å². The molecule has 0 aliphatic rings. The summed E-state index contributed by atoms with van der Waals surface area (Å²) in [6.07, 6.45) is 0. The van der Waals surface area contributed by atoms with Crippen molar-refractivity contribution in [2.75, 3.05) is 28.0 Å². The molecule has 4 aromatic rings. The molecule has 220 valence electrons. The van der Waals surface area contributed by atoms with E-state index in [-0.39, 0.29) is 15.5 Å². The standard InChI is InChI=1S/C30H30ClN3O6S2/c1-20-5-16-29(40-4)28(17-20)33-41(36,37)26-14-9-24(10-15-26)32-30(35)19-34(25-11-6-21(2)22(3)18-25)42(38,39)27-12-7-23(31)8-13-27/h5-18,33H,19H2,1-4H3,(H,32,35). The van der Waals surface area contributed by atoms with Crippen LogP contribution in [0.15, 0.2) is 94.7 Å². The van der Waals surface area contributed by atoms with Crippen LogP contribution < -0.4 is 19.1 Å². The highest BCUT2D eigenvalue weighted by Crippen LogP contribution is 2.29. The Morgan fingerprint density at radius 3 is 2.07 bits per heavy atom. The summed E-state index contributed by atoms with van der Waals surface area (Å²) in [7, 11) is -6.65. The zero-order valence-electron chi connectivity index (χ0n) is 23.4. The number of methoxy groups -OCH3 is 1. The molecule has 0 radical (unpaired) electrons. The van der Waals surface area contributed by atoms with Crippen LogP contribution in [0, 0.1) is 20.8 Å². The van der Waals surface area contributed by atoms with Gasteiger partial charge in [-0.3, -0.25) is 13.8 Å². The second-order valence-corrected chi connectivity index (χ2v) is 13.6. The Morgan fingerprint density at radius 1 is 0.810 bits per heavy atom. The summed E-state index contributed by atoms with van der Waals surface area (Å²) in [5.41, 5.74) is 3.58. The monoisotopic (exact) mass is 627 g/mol. The molecule has 4 aromatic carbocycles. The Morgan fingerprint density at radius 2 is 1.45 bits per heavy atom. The molecule has 0 spiro atoms. The van der Waals surface area contributed by atoms with E-state index in [1.165, 1.54) is 55.6 Å². The van der Waals surface area contributed by atoms with E-state index in [0.29, 0.717) is 22.1 Å². The molecule has 9 nitrogen and oxygen atoms in total. The third-order valence-electron chi connectivity index (χ3n) is 6.51. The van der Waals surface area contributed by atoms with Gasteiger partial charge in [0.15, 0.2) is 0 Å². The summed E-state index contributed by atoms with van der Waals surface area (Å²) in [6.45, 7) is 5.06. The molecule has 0 atom stereocenters. The molecular formula is C30H30ClN3O6S2. The number of halogens is 1. The van der Waals surface area contributed by atoms with E-state index in [0.717, 1.165) is 21.0 Å². The first-order chi connectivity index (χ1) is 19.8. The quantitative estimate of drug-likeness (QED) is 0.225. The van der Waals surface area contributed by atoms with E-state index in [1.54, 1.807) is 36.4 Å². The maximum Gasteiger partial charge on any atom is 0.264 e. The van der Waals surface area contributed by atoms with Crippen molar-refractivity contribution in [3.05, 3.63) is 107 Å². The number of ether oxygens (including phenoxy) is 1. The van der Waals surface area contributed by atoms with Crippen LogP contribution in [0.4, 0.5) is 17.1 Å². The van der Waals surface area contributed by atoms with Crippen LogP contribution in [0.5, 0.6) is 5.75 Å². The van der Waals surface area contributed by atoms with E-state index >= 15 is 0 Å². The molecule has 0 aliphatic heterocycles. The predicted molar refractivity (Wildman–Crippen MR) is 166 cm³/mol. The highest BCUT2D eigenvalue weighted by molar-refractivity contribution is 7.93. The van der Waals surface area contributed by atoms with Gasteiger partial charge in [-0.15, -0.1) is 0 Å². The Hall–Kier alpha value is -4.06. The van der Waals surface area contributed by atoms with Crippen molar-refractivity contribution in [2.24, 2.45) is 0 Å². The molecule has 0 aliphatic carbocycles. The molecule has 0 heterocycles. The first-order valence-corrected chi connectivity index (χ1v) is 16.0. The second kappa shape index (κ2) is 12.4. The van der Waals surface area contributed by atoms with Crippen LogP contribution >= 0.6 is 11.6 Å². The Bertz CT molecular complexity index is 1830. The van der Waals surface area contributed by atoms with Gasteiger partial charge in [-0.05, 0) is 110 Å². The van der Waals surface area contributed by atoms with Gasteiger partial charge in [0.2, 0.25) is 5.91 Å². The molecule has 0 saturated carbocycles. The first-order valence-electron chi connectivity index (χ1n) is 12.7. The molecule has 12 heteroatoms. The van der Waals surface area contributed by atoms with Crippen molar-refractivity contribution in [1.29, 1.82) is 0 Å². The van der Waals surface area contributed by atoms with E-state index in [1.807, 2.05) is 20.8 Å². The third kappa shape index (κ3) is 7.04. The minimum atomic E-state index is -4.14. The fourth-order valence-electron chi connectivity index (χ4n) is 4.08. The number of nitrogens with one attached hydrogen (secondary N) is 2. The summed E-state index contributed by atoms with van der Waals surface area (Å²) < 4.78 is 62.0. The Balaban J connectivity index is 1.55. The molecule has 2 N–H and O–H groups in total. The number of anilines is 3. The van der Waals surface area contributed by atoms with Crippen molar-refractivity contribution < 1.29 is 26.4 Å². The van der Waals surface area contributed by atoms with Gasteiger partial charge >= 0.3 is 0 Å². The van der Waals surface area contributed by atoms with Crippen molar-refractivity contribution >= 4 is 54.6 Å². The largest absolute Gasteiger partial charge is 0.495 e. The van der Waals surface area contributed by atoms with Crippen LogP contribution in [0.1, 0.15) is 16.7 Å². The number of amides is 1. The van der Waals surface area contributed by atoms with Gasteiger partial charge in [0, 0.05) is 10.7 Å². The third-order valence-corrected chi connectivity index (χ3v) is 9.94. The maximum atomic E-state index is 13.6. The lowest BCUT2D eigenvalue weighted by molar-refractivity contribution is -0.114. The first kappa shape index (κ1) is 30.9. The van der Waals surface area contributed by atoms with Gasteiger partial charge in [0.1, 0.15) is 12.3 Å². The number of nitrogens with zero attached hydrogens (tertiary/aromatic N) is 1. The van der Waals surface area contributed by atoms with Crippen LogP contribution in [0.3, 0.4) is 0 Å². The smallest absolute Gasteiger partial charge is 0.264 e. The fraction of sp³-hybridized carbons (Fsp3) is 0.167. The number of hydrogen-bond donors (Lipinski definition) is 2. The lowest BCUT2D eigenvalue weighted by atomic mass is 10.1. The van der Waals surface area contributed by atoms with Gasteiger partial charge in [-0.25, -0.2) is 16.8 Å². The van der Waals surface area contributed by atoms with E-state index in [4.69, 9.17) is 16.3 Å². The molecule has 42 heavy (non-hydrogen) atoms. The number of carbonyl (C=O) groups is 1. The topological polar surface area (TPSA) is 122 Å². The fourth-order valence-corrected chi connectivity index (χ4v) is 6.68. The Kier molecular flexibility index (Phi) is 9.15. The molecule has 4 rings (SSSR count). The van der Waals surface area contributed by atoms with E-state index in [2.05, 4.69) is 10.0 Å². The number of rotatable bonds is 10. The number of sulfonamides is 2. The van der Waals surface area contributed by atoms with Gasteiger partial charge in [0.05, 0.1) is 28.3 Å². The lowest BCUT2D eigenvalue weighted by Gasteiger charge is -2.25. The average Bonchev–Trinajstić information content (AvgIpc) is 2.94. The molecular weight excluding hydrogens is 598 g/mol. The van der Waals surface area contributed by atoms with Gasteiger partial charge < -0.3 is 10.1 Å². The predicted octanol–water partition coefficient (Wildman–Crippen LogP) is 5.91. The van der Waals surface area contributed by atoms with Crippen molar-refractivity contribution in [2.45, 2.75) is 30.6 Å². The van der Waals surface area contributed by atoms with E-state index in [9.17, 15) is 21.6 Å². The highest BCUT2D eigenvalue weighted by atomic mass is 35.5. The van der Waals surface area contributed by atoms with Gasteiger partial charge in [-0.1, -0.05) is 23.7 Å². The zero-order valence-corrected chi connectivity index (χ0v) is 25.8. The molecule has 0 aromatic heterocycles. The van der Waals surface area contributed by atoms with E-state index < -0.39 is 32.5 Å². The summed E-state index contributed by atoms with van der Waals surface area (Å²) >= 11 is 5.95. The van der Waals surface area contributed by atoms with Gasteiger partial charge in [0.25, 0.3) is 20.0 Å². The molecule has 0 fully saturated rings. The lowest BCUT2D eigenvalue weighted by Crippen LogP contribution is -2.38. The number of aryl methyl sites for hydroxylation is 3. The SMILES string of the molecule is COc1ccc(C)cc1NS(=O)(=O)c1ccc(NC(=O)CN(c2ccc(C)c(C)c2)S(=O)(=O)c2ccc(Cl)cc2)cc1. The minimum absolute atomic E-state index is 0.0229.